The van der Waals surface area contributed by atoms with Gasteiger partial charge in [0.1, 0.15) is 0 Å². The van der Waals surface area contributed by atoms with Crippen molar-refractivity contribution in [3.05, 3.63) is 76.3 Å². The van der Waals surface area contributed by atoms with Crippen molar-refractivity contribution in [1.82, 2.24) is 4.90 Å². The minimum Gasteiger partial charge on any atom is -0.493 e. The summed E-state index contributed by atoms with van der Waals surface area (Å²) >= 11 is 0. The highest BCUT2D eigenvalue weighted by Gasteiger charge is 2.48. The van der Waals surface area contributed by atoms with Crippen LogP contribution in [0, 0.1) is 12.8 Å². The summed E-state index contributed by atoms with van der Waals surface area (Å²) in [6, 6.07) is 15.7. The second-order valence-corrected chi connectivity index (χ2v) is 12.3. The Morgan fingerprint density at radius 2 is 1.67 bits per heavy atom. The first-order valence-corrected chi connectivity index (χ1v) is 16.0. The van der Waals surface area contributed by atoms with Crippen LogP contribution in [0.2, 0.25) is 0 Å². The Morgan fingerprint density at radius 3 is 2.29 bits per heavy atom. The lowest BCUT2D eigenvalue weighted by molar-refractivity contribution is -0.143. The van der Waals surface area contributed by atoms with Crippen molar-refractivity contribution in [2.24, 2.45) is 5.92 Å². The predicted molar refractivity (Wildman–Crippen MR) is 174 cm³/mol. The number of carboxylic acids is 1. The van der Waals surface area contributed by atoms with Gasteiger partial charge in [0.2, 0.25) is 18.4 Å². The van der Waals surface area contributed by atoms with Crippen LogP contribution in [0.1, 0.15) is 66.5 Å². The Balaban J connectivity index is 1.36. The van der Waals surface area contributed by atoms with E-state index in [1.807, 2.05) is 29.2 Å². The molecule has 0 radical (unpaired) electrons. The Bertz CT molecular complexity index is 1540. The summed E-state index contributed by atoms with van der Waals surface area (Å²) in [7, 11) is 1.56. The van der Waals surface area contributed by atoms with Gasteiger partial charge in [-0.05, 0) is 79.1 Å². The maximum atomic E-state index is 13.8. The number of hydrogen-bond donors (Lipinski definition) is 2. The monoisotopic (exact) mass is 613 g/mol. The van der Waals surface area contributed by atoms with Gasteiger partial charge < -0.3 is 29.5 Å². The van der Waals surface area contributed by atoms with E-state index in [-0.39, 0.29) is 19.2 Å². The lowest BCUT2D eigenvalue weighted by Gasteiger charge is -2.28. The van der Waals surface area contributed by atoms with E-state index in [1.165, 1.54) is 18.4 Å². The number of likely N-dealkylation sites (tertiary alicyclic amines) is 1. The summed E-state index contributed by atoms with van der Waals surface area (Å²) in [5.41, 5.74) is 7.05. The average Bonchev–Trinajstić information content (AvgIpc) is 3.81. The van der Waals surface area contributed by atoms with Gasteiger partial charge in [-0.1, -0.05) is 43.7 Å². The first kappa shape index (κ1) is 30.8. The number of methoxy groups -OCH3 is 1. The molecule has 3 aromatic carbocycles. The van der Waals surface area contributed by atoms with Crippen LogP contribution in [0.15, 0.2) is 48.5 Å². The zero-order chi connectivity index (χ0) is 31.7. The lowest BCUT2D eigenvalue weighted by atomic mass is 9.82. The van der Waals surface area contributed by atoms with Crippen molar-refractivity contribution >= 4 is 23.3 Å². The standard InChI is InChI=1S/C36H43N3O6/c1-5-23-15-22(3)16-24(6-2)33(23)37-31(40)20-39-19-28(26-17-29(43-4)35-30(18-26)44-21-45-35)32(36(41)42)34(39)25-9-11-27(12-10-25)38-13-7-8-14-38/h9-12,15-18,28,32,34H,5-8,13-14,19-21H2,1-4H3,(H,37,40)(H,41,42)/t28-,32-,34+/m1/s1. The van der Waals surface area contributed by atoms with Crippen LogP contribution in [0.4, 0.5) is 11.4 Å². The third-order valence-electron chi connectivity index (χ3n) is 9.52. The molecule has 6 rings (SSSR count). The summed E-state index contributed by atoms with van der Waals surface area (Å²) in [5.74, 6) is -0.729. The van der Waals surface area contributed by atoms with Gasteiger partial charge in [0, 0.05) is 43.0 Å². The maximum absolute atomic E-state index is 13.8. The first-order valence-electron chi connectivity index (χ1n) is 16.0. The largest absolute Gasteiger partial charge is 0.493 e. The van der Waals surface area contributed by atoms with E-state index in [9.17, 15) is 14.7 Å². The number of carbonyl (C=O) groups excluding carboxylic acids is 1. The molecule has 9 heteroatoms. The third-order valence-corrected chi connectivity index (χ3v) is 9.52. The zero-order valence-corrected chi connectivity index (χ0v) is 26.6. The molecule has 0 unspecified atom stereocenters. The van der Waals surface area contributed by atoms with E-state index < -0.39 is 23.8 Å². The number of carbonyl (C=O) groups is 2. The molecular formula is C36H43N3O6. The number of carboxylic acid groups (broad SMARTS) is 1. The zero-order valence-electron chi connectivity index (χ0n) is 26.6. The number of aliphatic carboxylic acids is 1. The van der Waals surface area contributed by atoms with Crippen molar-refractivity contribution in [3.8, 4) is 17.2 Å². The van der Waals surface area contributed by atoms with E-state index in [2.05, 4.69) is 55.3 Å². The number of nitrogens with zero attached hydrogens (tertiary/aromatic N) is 2. The molecule has 1 amide bonds. The first-order chi connectivity index (χ1) is 21.8. The summed E-state index contributed by atoms with van der Waals surface area (Å²) in [6.07, 6.45) is 3.95. The number of fused-ring (bicyclic) bond motifs is 1. The number of nitrogens with one attached hydrogen (secondary N) is 1. The summed E-state index contributed by atoms with van der Waals surface area (Å²) in [5, 5.41) is 14.0. The second-order valence-electron chi connectivity index (χ2n) is 12.3. The van der Waals surface area contributed by atoms with Crippen molar-refractivity contribution in [1.29, 1.82) is 0 Å². The molecule has 2 N–H and O–H groups in total. The van der Waals surface area contributed by atoms with Gasteiger partial charge in [-0.3, -0.25) is 14.5 Å². The highest BCUT2D eigenvalue weighted by atomic mass is 16.7. The smallest absolute Gasteiger partial charge is 0.309 e. The molecule has 238 valence electrons. The van der Waals surface area contributed by atoms with Crippen molar-refractivity contribution in [2.45, 2.75) is 58.4 Å². The molecule has 0 spiro atoms. The quantitative estimate of drug-likeness (QED) is 0.290. The highest BCUT2D eigenvalue weighted by Crippen LogP contribution is 2.50. The Morgan fingerprint density at radius 1 is 0.978 bits per heavy atom. The number of ether oxygens (including phenoxy) is 3. The van der Waals surface area contributed by atoms with E-state index >= 15 is 0 Å². The number of benzene rings is 3. The molecule has 0 saturated carbocycles. The molecule has 3 aliphatic rings. The molecule has 0 aliphatic carbocycles. The second kappa shape index (κ2) is 13.0. The number of aryl methyl sites for hydroxylation is 3. The van der Waals surface area contributed by atoms with Crippen molar-refractivity contribution < 1.29 is 28.9 Å². The maximum Gasteiger partial charge on any atom is 0.309 e. The molecule has 3 aliphatic heterocycles. The summed E-state index contributed by atoms with van der Waals surface area (Å²) < 4.78 is 16.9. The number of hydrogen-bond acceptors (Lipinski definition) is 7. The number of amides is 1. The SMILES string of the molecule is CCc1cc(C)cc(CC)c1NC(=O)CN1C[C@H](c2cc(OC)c3c(c2)OCO3)[C@@H](C(=O)O)[C@@H]1c1ccc(N2CCCC2)cc1. The number of rotatable bonds is 10. The van der Waals surface area contributed by atoms with Gasteiger partial charge in [0.15, 0.2) is 11.5 Å². The Hall–Kier alpha value is -4.24. The fourth-order valence-corrected chi connectivity index (χ4v) is 7.37. The molecule has 9 nitrogen and oxygen atoms in total. The molecule has 3 heterocycles. The van der Waals surface area contributed by atoms with Gasteiger partial charge in [-0.2, -0.15) is 0 Å². The average molecular weight is 614 g/mol. The van der Waals surface area contributed by atoms with Gasteiger partial charge in [-0.15, -0.1) is 0 Å². The van der Waals surface area contributed by atoms with Crippen LogP contribution in [-0.4, -0.2) is 62.0 Å². The Labute approximate surface area is 265 Å². The number of anilines is 2. The fourth-order valence-electron chi connectivity index (χ4n) is 7.37. The van der Waals surface area contributed by atoms with E-state index in [0.717, 1.165) is 59.6 Å². The molecule has 3 aromatic rings. The predicted octanol–water partition coefficient (Wildman–Crippen LogP) is 5.94. The van der Waals surface area contributed by atoms with E-state index in [1.54, 1.807) is 7.11 Å². The van der Waals surface area contributed by atoms with Gasteiger partial charge in [0.05, 0.1) is 19.6 Å². The topological polar surface area (TPSA) is 101 Å². The van der Waals surface area contributed by atoms with Crippen LogP contribution in [0.25, 0.3) is 0 Å². The van der Waals surface area contributed by atoms with Gasteiger partial charge >= 0.3 is 5.97 Å². The molecule has 45 heavy (non-hydrogen) atoms. The van der Waals surface area contributed by atoms with Crippen molar-refractivity contribution in [2.75, 3.05) is 50.3 Å². The molecule has 2 fully saturated rings. The van der Waals surface area contributed by atoms with Crippen molar-refractivity contribution in [3.63, 3.8) is 0 Å². The van der Waals surface area contributed by atoms with Crippen LogP contribution >= 0.6 is 0 Å². The summed E-state index contributed by atoms with van der Waals surface area (Å²) in [4.78, 5) is 31.3. The summed E-state index contributed by atoms with van der Waals surface area (Å²) in [6.45, 7) is 8.83. The van der Waals surface area contributed by atoms with Crippen LogP contribution < -0.4 is 24.4 Å². The highest BCUT2D eigenvalue weighted by molar-refractivity contribution is 5.94. The molecule has 0 bridgehead atoms. The van der Waals surface area contributed by atoms with Gasteiger partial charge in [-0.25, -0.2) is 0 Å². The van der Waals surface area contributed by atoms with Crippen LogP contribution in [0.3, 0.4) is 0 Å². The molecule has 3 atom stereocenters. The fraction of sp³-hybridized carbons (Fsp3) is 0.444. The van der Waals surface area contributed by atoms with E-state index in [0.29, 0.717) is 23.8 Å². The third kappa shape index (κ3) is 6.06. The minimum atomic E-state index is -0.909. The van der Waals surface area contributed by atoms with E-state index in [4.69, 9.17) is 14.2 Å². The molecule has 0 aromatic heterocycles. The van der Waals surface area contributed by atoms with Crippen LogP contribution in [0.5, 0.6) is 17.2 Å². The minimum absolute atomic E-state index is 0.0562. The van der Waals surface area contributed by atoms with Gasteiger partial charge in [0.25, 0.3) is 0 Å². The van der Waals surface area contributed by atoms with Crippen LogP contribution in [-0.2, 0) is 22.4 Å². The lowest BCUT2D eigenvalue weighted by Crippen LogP contribution is -2.35. The Kier molecular flexibility index (Phi) is 8.90. The normalized spacial score (nSPS) is 20.9. The molecular weight excluding hydrogens is 570 g/mol. The molecule has 2 saturated heterocycles.